The van der Waals surface area contributed by atoms with Gasteiger partial charge in [0.25, 0.3) is 0 Å². The van der Waals surface area contributed by atoms with Crippen LogP contribution in [-0.2, 0) is 4.79 Å². The Hall–Kier alpha value is -1.13. The second kappa shape index (κ2) is 5.34. The van der Waals surface area contributed by atoms with Crippen molar-refractivity contribution in [1.82, 2.24) is 9.80 Å². The summed E-state index contributed by atoms with van der Waals surface area (Å²) < 4.78 is 97.6. The lowest BCUT2D eigenvalue weighted by molar-refractivity contribution is -0.275. The molecule has 0 aliphatic carbocycles. The maximum Gasteiger partial charge on any atom is 0.463 e. The standard InChI is InChI=1S/C9H10F8N2O/c10-7(11,12)5-18-1-3-19(4-2-18)6(20)8(13,14)9(15,16)17/h1-5H2. The fourth-order valence-corrected chi connectivity index (χ4v) is 1.68. The Morgan fingerprint density at radius 3 is 1.65 bits per heavy atom. The number of hydrogen-bond acceptors (Lipinski definition) is 2. The maximum absolute atomic E-state index is 12.8. The molecule has 1 rings (SSSR count). The lowest BCUT2D eigenvalue weighted by Crippen LogP contribution is -2.58. The van der Waals surface area contributed by atoms with Crippen molar-refractivity contribution in [3.8, 4) is 0 Å². The summed E-state index contributed by atoms with van der Waals surface area (Å²) in [6, 6.07) is 0. The Bertz CT molecular complexity index is 356. The number of halogens is 8. The minimum atomic E-state index is -6.02. The van der Waals surface area contributed by atoms with Crippen LogP contribution in [0.4, 0.5) is 35.1 Å². The molecule has 0 N–H and O–H groups in total. The summed E-state index contributed by atoms with van der Waals surface area (Å²) in [6.07, 6.45) is -10.5. The molecule has 1 fully saturated rings. The third kappa shape index (κ3) is 3.93. The van der Waals surface area contributed by atoms with Gasteiger partial charge in [0, 0.05) is 26.2 Å². The van der Waals surface area contributed by atoms with Crippen molar-refractivity contribution in [2.45, 2.75) is 18.3 Å². The monoisotopic (exact) mass is 314 g/mol. The van der Waals surface area contributed by atoms with E-state index in [1.807, 2.05) is 0 Å². The number of alkyl halides is 8. The van der Waals surface area contributed by atoms with Gasteiger partial charge in [-0.3, -0.25) is 9.69 Å². The van der Waals surface area contributed by atoms with E-state index in [-0.39, 0.29) is 4.90 Å². The molecule has 0 radical (unpaired) electrons. The smallest absolute Gasteiger partial charge is 0.335 e. The Kier molecular flexibility index (Phi) is 4.52. The van der Waals surface area contributed by atoms with E-state index in [0.29, 0.717) is 0 Å². The minimum absolute atomic E-state index is 0.223. The zero-order valence-electron chi connectivity index (χ0n) is 9.86. The highest BCUT2D eigenvalue weighted by Crippen LogP contribution is 2.37. The predicted octanol–water partition coefficient (Wildman–Crippen LogP) is 1.89. The van der Waals surface area contributed by atoms with E-state index < -0.39 is 56.9 Å². The van der Waals surface area contributed by atoms with Gasteiger partial charge in [-0.05, 0) is 0 Å². The van der Waals surface area contributed by atoms with Gasteiger partial charge in [0.15, 0.2) is 0 Å². The summed E-state index contributed by atoms with van der Waals surface area (Å²) in [7, 11) is 0. The van der Waals surface area contributed by atoms with Crippen molar-refractivity contribution >= 4 is 5.91 Å². The van der Waals surface area contributed by atoms with Crippen LogP contribution >= 0.6 is 0 Å². The molecule has 0 aromatic heterocycles. The van der Waals surface area contributed by atoms with Crippen molar-refractivity contribution in [3.05, 3.63) is 0 Å². The average Bonchev–Trinajstić information content (AvgIpc) is 2.25. The first kappa shape index (κ1) is 16.9. The highest BCUT2D eigenvalue weighted by atomic mass is 19.4. The molecule has 0 saturated carbocycles. The van der Waals surface area contributed by atoms with Crippen LogP contribution < -0.4 is 0 Å². The fourth-order valence-electron chi connectivity index (χ4n) is 1.68. The number of piperazine rings is 1. The number of carbonyl (C=O) groups is 1. The van der Waals surface area contributed by atoms with Crippen molar-refractivity contribution in [1.29, 1.82) is 0 Å². The van der Waals surface area contributed by atoms with Gasteiger partial charge in [-0.2, -0.15) is 35.1 Å². The summed E-state index contributed by atoms with van der Waals surface area (Å²) >= 11 is 0. The first-order valence-electron chi connectivity index (χ1n) is 5.37. The lowest BCUT2D eigenvalue weighted by atomic mass is 10.2. The van der Waals surface area contributed by atoms with E-state index in [4.69, 9.17) is 0 Å². The van der Waals surface area contributed by atoms with Crippen LogP contribution in [-0.4, -0.2) is 66.7 Å². The SMILES string of the molecule is O=C(N1CCN(CC(F)(F)F)CC1)C(F)(F)C(F)(F)F. The molecule has 1 amide bonds. The summed E-state index contributed by atoms with van der Waals surface area (Å²) in [4.78, 5) is 12.1. The van der Waals surface area contributed by atoms with Crippen molar-refractivity contribution in [2.75, 3.05) is 32.7 Å². The van der Waals surface area contributed by atoms with Gasteiger partial charge >= 0.3 is 24.2 Å². The number of carbonyl (C=O) groups excluding carboxylic acids is 1. The molecule has 0 aromatic carbocycles. The molecule has 1 heterocycles. The second-order valence-electron chi connectivity index (χ2n) is 4.26. The number of hydrogen-bond donors (Lipinski definition) is 0. The highest BCUT2D eigenvalue weighted by Gasteiger charge is 2.64. The second-order valence-corrected chi connectivity index (χ2v) is 4.26. The van der Waals surface area contributed by atoms with Gasteiger partial charge in [-0.25, -0.2) is 0 Å². The van der Waals surface area contributed by atoms with Crippen LogP contribution in [0.1, 0.15) is 0 Å². The normalized spacial score (nSPS) is 19.3. The molecule has 3 nitrogen and oxygen atoms in total. The molecular formula is C9H10F8N2O. The van der Waals surface area contributed by atoms with Gasteiger partial charge in [0.05, 0.1) is 6.54 Å². The zero-order valence-corrected chi connectivity index (χ0v) is 9.86. The topological polar surface area (TPSA) is 23.6 Å². The fraction of sp³-hybridized carbons (Fsp3) is 0.889. The molecule has 1 aliphatic heterocycles. The van der Waals surface area contributed by atoms with Crippen LogP contribution in [0.3, 0.4) is 0 Å². The number of nitrogens with zero attached hydrogens (tertiary/aromatic N) is 2. The average molecular weight is 314 g/mol. The van der Waals surface area contributed by atoms with E-state index in [0.717, 1.165) is 4.90 Å². The molecule has 1 aliphatic rings. The zero-order chi connectivity index (χ0) is 15.8. The van der Waals surface area contributed by atoms with E-state index in [1.54, 1.807) is 0 Å². The van der Waals surface area contributed by atoms with E-state index in [1.165, 1.54) is 0 Å². The van der Waals surface area contributed by atoms with Crippen LogP contribution in [0.5, 0.6) is 0 Å². The van der Waals surface area contributed by atoms with Crippen molar-refractivity contribution in [3.63, 3.8) is 0 Å². The third-order valence-electron chi connectivity index (χ3n) is 2.69. The number of rotatable bonds is 2. The Labute approximate surface area is 108 Å². The van der Waals surface area contributed by atoms with Crippen molar-refractivity contribution in [2.24, 2.45) is 0 Å². The van der Waals surface area contributed by atoms with Crippen LogP contribution in [0.15, 0.2) is 0 Å². The maximum atomic E-state index is 12.8. The van der Waals surface area contributed by atoms with Crippen LogP contribution in [0.25, 0.3) is 0 Å². The molecule has 0 atom stereocenters. The summed E-state index contributed by atoms with van der Waals surface area (Å²) in [5.41, 5.74) is 0. The van der Waals surface area contributed by atoms with Gasteiger partial charge in [0.2, 0.25) is 0 Å². The van der Waals surface area contributed by atoms with E-state index in [9.17, 15) is 39.9 Å². The van der Waals surface area contributed by atoms with Crippen LogP contribution in [0.2, 0.25) is 0 Å². The predicted molar refractivity (Wildman–Crippen MR) is 50.1 cm³/mol. The first-order chi connectivity index (χ1) is 8.84. The van der Waals surface area contributed by atoms with Gasteiger partial charge in [0.1, 0.15) is 0 Å². The Balaban J connectivity index is 2.60. The van der Waals surface area contributed by atoms with E-state index in [2.05, 4.69) is 0 Å². The van der Waals surface area contributed by atoms with Crippen molar-refractivity contribution < 1.29 is 39.9 Å². The molecule has 20 heavy (non-hydrogen) atoms. The van der Waals surface area contributed by atoms with Crippen LogP contribution in [0, 0.1) is 0 Å². The molecule has 11 heteroatoms. The lowest BCUT2D eigenvalue weighted by Gasteiger charge is -2.36. The largest absolute Gasteiger partial charge is 0.463 e. The quantitative estimate of drug-likeness (QED) is 0.727. The molecule has 0 unspecified atom stereocenters. The molecular weight excluding hydrogens is 304 g/mol. The summed E-state index contributed by atoms with van der Waals surface area (Å²) in [5.74, 6) is -7.96. The van der Waals surface area contributed by atoms with E-state index >= 15 is 0 Å². The Morgan fingerprint density at radius 1 is 0.850 bits per heavy atom. The highest BCUT2D eigenvalue weighted by molar-refractivity contribution is 5.84. The number of amides is 1. The van der Waals surface area contributed by atoms with Gasteiger partial charge in [-0.1, -0.05) is 0 Å². The summed E-state index contributed by atoms with van der Waals surface area (Å²) in [6.45, 7) is -3.36. The minimum Gasteiger partial charge on any atom is -0.335 e. The third-order valence-corrected chi connectivity index (χ3v) is 2.69. The first-order valence-corrected chi connectivity index (χ1v) is 5.37. The Morgan fingerprint density at radius 2 is 1.30 bits per heavy atom. The molecule has 118 valence electrons. The molecule has 0 spiro atoms. The summed E-state index contributed by atoms with van der Waals surface area (Å²) in [5, 5.41) is 0. The molecule has 0 bridgehead atoms. The molecule has 0 aromatic rings. The van der Waals surface area contributed by atoms with Gasteiger partial charge in [-0.15, -0.1) is 0 Å². The molecule has 1 saturated heterocycles. The van der Waals surface area contributed by atoms with Gasteiger partial charge < -0.3 is 4.90 Å².